The zero-order valence-corrected chi connectivity index (χ0v) is 21.5. The zero-order chi connectivity index (χ0) is 26.5. The number of hydrogen-bond donors (Lipinski definition) is 1. The van der Waals surface area contributed by atoms with E-state index >= 15 is 0 Å². The van der Waals surface area contributed by atoms with Crippen LogP contribution in [0.15, 0.2) is 48.5 Å². The number of carboxylic acids is 1. The fourth-order valence-electron chi connectivity index (χ4n) is 4.54. The van der Waals surface area contributed by atoms with Crippen LogP contribution in [0.2, 0.25) is 0 Å². The molecule has 4 rings (SSSR count). The number of aryl methyl sites for hydroxylation is 2. The summed E-state index contributed by atoms with van der Waals surface area (Å²) in [4.78, 5) is 13.5. The van der Waals surface area contributed by atoms with Crippen LogP contribution in [0.4, 0.5) is 13.2 Å². The lowest BCUT2D eigenvalue weighted by Crippen LogP contribution is -2.47. The maximum absolute atomic E-state index is 12.6. The van der Waals surface area contributed by atoms with Gasteiger partial charge in [0, 0.05) is 12.6 Å². The molecule has 10 heteroatoms. The molecule has 0 radical (unpaired) electrons. The van der Waals surface area contributed by atoms with Gasteiger partial charge in [0.1, 0.15) is 16.3 Å². The van der Waals surface area contributed by atoms with Crippen LogP contribution in [0.25, 0.3) is 16.3 Å². The number of aromatic nitrogens is 2. The van der Waals surface area contributed by atoms with Crippen LogP contribution < -0.4 is 0 Å². The third kappa shape index (κ3) is 6.96. The van der Waals surface area contributed by atoms with E-state index in [-0.39, 0.29) is 16.6 Å². The number of halogens is 3. The van der Waals surface area contributed by atoms with Crippen LogP contribution in [-0.4, -0.2) is 51.4 Å². The van der Waals surface area contributed by atoms with Crippen LogP contribution >= 0.6 is 11.3 Å². The van der Waals surface area contributed by atoms with E-state index in [1.54, 1.807) is 0 Å². The Labute approximate surface area is 213 Å². The summed E-state index contributed by atoms with van der Waals surface area (Å²) >= 11 is 0.884. The molecule has 36 heavy (non-hydrogen) atoms. The minimum absolute atomic E-state index is 0.0595. The van der Waals surface area contributed by atoms with Gasteiger partial charge in [0.05, 0.1) is 4.88 Å². The van der Waals surface area contributed by atoms with Crippen LogP contribution in [0.3, 0.4) is 0 Å². The minimum Gasteiger partial charge on any atom is -0.675 e. The smallest absolute Gasteiger partial charge is 0.433 e. The first-order chi connectivity index (χ1) is 16.9. The summed E-state index contributed by atoms with van der Waals surface area (Å²) in [6.07, 6.45) is 2.38. The van der Waals surface area contributed by atoms with Crippen molar-refractivity contribution in [2.45, 2.75) is 56.3 Å². The molecule has 1 aromatic carbocycles. The van der Waals surface area contributed by atoms with Gasteiger partial charge in [-0.15, -0.1) is 17.4 Å². The van der Waals surface area contributed by atoms with E-state index in [2.05, 4.69) is 54.4 Å². The molecule has 2 N–H and O–H groups in total. The molecule has 1 fully saturated rings. The van der Waals surface area contributed by atoms with E-state index in [9.17, 15) is 18.0 Å². The molecule has 0 atom stereocenters. The summed E-state index contributed by atoms with van der Waals surface area (Å²) in [5, 5.41) is 12.5. The number of nitrogens with zero attached hydrogens (tertiary/aromatic N) is 3. The van der Waals surface area contributed by atoms with Gasteiger partial charge in [-0.05, 0) is 63.5 Å². The Hall–Kier alpha value is -2.69. The first-order valence-corrected chi connectivity index (χ1v) is 12.6. The van der Waals surface area contributed by atoms with Crippen LogP contribution in [0, 0.1) is 0 Å². The molecule has 196 valence electrons. The third-order valence-electron chi connectivity index (χ3n) is 6.83. The largest absolute Gasteiger partial charge is 0.675 e. The van der Waals surface area contributed by atoms with E-state index < -0.39 is 17.8 Å². The van der Waals surface area contributed by atoms with Gasteiger partial charge < -0.3 is 15.7 Å². The van der Waals surface area contributed by atoms with E-state index in [1.165, 1.54) is 44.0 Å². The summed E-state index contributed by atoms with van der Waals surface area (Å²) in [5.41, 5.74) is 8.87. The summed E-state index contributed by atoms with van der Waals surface area (Å²) < 4.78 is 38.4. The number of benzene rings is 1. The molecule has 1 aliphatic rings. The Morgan fingerprint density at radius 2 is 1.83 bits per heavy atom. The molecular formula is C26H32F3N4O2S-. The highest BCUT2D eigenvalue weighted by Gasteiger charge is 2.35. The standard InChI is InChI=1S/C16H25N2.C10H7F3N2O2S/c1-18(2)16(12-9-15(17)10-13-16)11-8-14-6-4-3-5-7-14;1-15-8(10(11,12)13)4-5(14-15)6-2-3-7(18-6)9(16)17/h3-7,15,17H,8-13H2,1-2H3;2-4H,1H3,(H,16,17)/q-1;. The fourth-order valence-corrected chi connectivity index (χ4v) is 5.34. The molecule has 0 spiro atoms. The highest BCUT2D eigenvalue weighted by Crippen LogP contribution is 2.37. The van der Waals surface area contributed by atoms with Crippen molar-refractivity contribution in [2.75, 3.05) is 14.1 Å². The van der Waals surface area contributed by atoms with Gasteiger partial charge in [0.15, 0.2) is 0 Å². The second-order valence-electron chi connectivity index (χ2n) is 9.38. The molecule has 0 bridgehead atoms. The Kier molecular flexibility index (Phi) is 8.97. The molecule has 3 aromatic rings. The lowest BCUT2D eigenvalue weighted by Gasteiger charge is -2.46. The molecule has 0 saturated heterocycles. The number of rotatable bonds is 6. The van der Waals surface area contributed by atoms with Gasteiger partial charge in [0.25, 0.3) is 0 Å². The van der Waals surface area contributed by atoms with Gasteiger partial charge >= 0.3 is 12.1 Å². The maximum Gasteiger partial charge on any atom is 0.433 e. The molecule has 0 aliphatic heterocycles. The molecule has 0 unspecified atom stereocenters. The second-order valence-corrected chi connectivity index (χ2v) is 10.5. The van der Waals surface area contributed by atoms with Crippen molar-refractivity contribution < 1.29 is 23.1 Å². The Morgan fingerprint density at radius 3 is 2.33 bits per heavy atom. The lowest BCUT2D eigenvalue weighted by molar-refractivity contribution is -0.143. The van der Waals surface area contributed by atoms with Gasteiger partial charge in [-0.25, -0.2) is 4.79 Å². The van der Waals surface area contributed by atoms with Gasteiger partial charge in [-0.3, -0.25) is 4.68 Å². The van der Waals surface area contributed by atoms with Crippen molar-refractivity contribution in [1.82, 2.24) is 14.7 Å². The summed E-state index contributed by atoms with van der Waals surface area (Å²) in [6, 6.07) is 14.6. The number of alkyl halides is 3. The number of nitrogens with one attached hydrogen (secondary N) is 1. The monoisotopic (exact) mass is 521 g/mol. The topological polar surface area (TPSA) is 82.2 Å². The maximum atomic E-state index is 12.6. The zero-order valence-electron chi connectivity index (χ0n) is 20.7. The van der Waals surface area contributed by atoms with Gasteiger partial charge in [0.2, 0.25) is 0 Å². The molecule has 2 heterocycles. The van der Waals surface area contributed by atoms with Crippen molar-refractivity contribution in [3.05, 3.63) is 70.4 Å². The van der Waals surface area contributed by atoms with Crippen molar-refractivity contribution in [3.63, 3.8) is 0 Å². The van der Waals surface area contributed by atoms with Gasteiger partial charge in [-0.1, -0.05) is 43.2 Å². The molecular weight excluding hydrogens is 489 g/mol. The number of carboxylic acid groups (broad SMARTS) is 1. The predicted octanol–water partition coefficient (Wildman–Crippen LogP) is 6.78. The van der Waals surface area contributed by atoms with Crippen LogP contribution in [0.5, 0.6) is 0 Å². The van der Waals surface area contributed by atoms with Crippen LogP contribution in [-0.2, 0) is 19.6 Å². The predicted molar refractivity (Wildman–Crippen MR) is 136 cm³/mol. The quantitative estimate of drug-likeness (QED) is 0.388. The summed E-state index contributed by atoms with van der Waals surface area (Å²) in [6.45, 7) is 0. The highest BCUT2D eigenvalue weighted by molar-refractivity contribution is 7.17. The lowest BCUT2D eigenvalue weighted by atomic mass is 9.75. The second kappa shape index (κ2) is 11.6. The minimum atomic E-state index is -4.48. The summed E-state index contributed by atoms with van der Waals surface area (Å²) in [7, 11) is 5.60. The van der Waals surface area contributed by atoms with E-state index in [0.717, 1.165) is 41.3 Å². The Morgan fingerprint density at radius 1 is 1.19 bits per heavy atom. The molecule has 1 saturated carbocycles. The van der Waals surface area contributed by atoms with Crippen molar-refractivity contribution in [1.29, 1.82) is 0 Å². The van der Waals surface area contributed by atoms with E-state index in [4.69, 9.17) is 10.8 Å². The Balaban J connectivity index is 0.000000201. The van der Waals surface area contributed by atoms with E-state index in [0.29, 0.717) is 10.4 Å². The number of carbonyl (C=O) groups is 1. The number of aromatic carboxylic acids is 1. The first kappa shape index (κ1) is 27.9. The fraction of sp³-hybridized carbons (Fsp3) is 0.462. The number of hydrogen-bond acceptors (Lipinski definition) is 4. The normalized spacial score (nSPS) is 20.2. The molecule has 0 amide bonds. The van der Waals surface area contributed by atoms with Crippen LogP contribution in [0.1, 0.15) is 53.0 Å². The Bertz CT molecular complexity index is 1130. The SMILES string of the molecule is CN(C)C1(CCc2ccccc2)CCC([NH-])CC1.Cn1nc(-c2ccc(C(=O)O)s2)cc1C(F)(F)F. The summed E-state index contributed by atoms with van der Waals surface area (Å²) in [5.74, 6) is -1.11. The van der Waals surface area contributed by atoms with Gasteiger partial charge in [-0.2, -0.15) is 18.3 Å². The average molecular weight is 522 g/mol. The van der Waals surface area contributed by atoms with Crippen molar-refractivity contribution in [2.24, 2.45) is 7.05 Å². The van der Waals surface area contributed by atoms with Crippen molar-refractivity contribution >= 4 is 17.3 Å². The average Bonchev–Trinajstić information content (AvgIpc) is 3.47. The van der Waals surface area contributed by atoms with E-state index in [1.807, 2.05) is 0 Å². The number of thiophene rings is 1. The highest BCUT2D eigenvalue weighted by atomic mass is 32.1. The molecule has 6 nitrogen and oxygen atoms in total. The van der Waals surface area contributed by atoms with Crippen molar-refractivity contribution in [3.8, 4) is 10.6 Å². The first-order valence-electron chi connectivity index (χ1n) is 11.8. The third-order valence-corrected chi connectivity index (χ3v) is 7.92. The molecule has 1 aliphatic carbocycles. The molecule has 2 aromatic heterocycles.